The van der Waals surface area contributed by atoms with Crippen molar-refractivity contribution in [3.63, 3.8) is 0 Å². The highest BCUT2D eigenvalue weighted by molar-refractivity contribution is 5.79. The molecule has 0 spiro atoms. The van der Waals surface area contributed by atoms with E-state index in [1.807, 2.05) is 24.4 Å². The Morgan fingerprint density at radius 3 is 2.86 bits per heavy atom. The zero-order valence-electron chi connectivity index (χ0n) is 12.3. The van der Waals surface area contributed by atoms with Crippen LogP contribution < -0.4 is 10.1 Å². The number of hydrogen-bond donors (Lipinski definition) is 1. The van der Waals surface area contributed by atoms with Crippen LogP contribution >= 0.6 is 0 Å². The van der Waals surface area contributed by atoms with Crippen molar-refractivity contribution < 1.29 is 4.74 Å². The molecule has 2 aliphatic carbocycles. The third kappa shape index (κ3) is 2.88. The third-order valence-electron chi connectivity index (χ3n) is 4.76. The van der Waals surface area contributed by atoms with Gasteiger partial charge in [-0.15, -0.1) is 0 Å². The zero-order chi connectivity index (χ0) is 14.1. The number of fused-ring (bicyclic) bond motifs is 1. The van der Waals surface area contributed by atoms with Gasteiger partial charge in [0.1, 0.15) is 11.4 Å². The van der Waals surface area contributed by atoms with E-state index in [-0.39, 0.29) is 5.60 Å². The van der Waals surface area contributed by atoms with Gasteiger partial charge in [0.15, 0.2) is 0 Å². The van der Waals surface area contributed by atoms with Crippen LogP contribution in [0.5, 0.6) is 5.75 Å². The highest BCUT2D eigenvalue weighted by Crippen LogP contribution is 2.39. The summed E-state index contributed by atoms with van der Waals surface area (Å²) < 4.78 is 6.35. The Hall–Kier alpha value is -1.61. The second-order valence-electron chi connectivity index (χ2n) is 6.48. The fourth-order valence-corrected chi connectivity index (χ4v) is 3.12. The van der Waals surface area contributed by atoms with Crippen molar-refractivity contribution in [2.75, 3.05) is 6.54 Å². The first-order valence-electron chi connectivity index (χ1n) is 8.10. The highest BCUT2D eigenvalue weighted by Gasteiger charge is 2.39. The molecular weight excluding hydrogens is 260 g/mol. The second kappa shape index (κ2) is 5.30. The van der Waals surface area contributed by atoms with Gasteiger partial charge in [-0.2, -0.15) is 0 Å². The first-order valence-corrected chi connectivity index (χ1v) is 8.10. The van der Waals surface area contributed by atoms with Crippen LogP contribution in [0.15, 0.2) is 36.5 Å². The lowest BCUT2D eigenvalue weighted by molar-refractivity contribution is -0.0144. The number of benzene rings is 1. The number of nitrogens with zero attached hydrogens (tertiary/aromatic N) is 1. The molecule has 3 heteroatoms. The molecule has 0 radical (unpaired) electrons. The molecule has 110 valence electrons. The van der Waals surface area contributed by atoms with Gasteiger partial charge in [0.2, 0.25) is 0 Å². The molecule has 3 nitrogen and oxygen atoms in total. The Bertz CT molecular complexity index is 632. The van der Waals surface area contributed by atoms with Gasteiger partial charge in [0.05, 0.1) is 11.7 Å². The summed E-state index contributed by atoms with van der Waals surface area (Å²) in [5, 5.41) is 4.75. The molecule has 21 heavy (non-hydrogen) atoms. The Balaban J connectivity index is 1.45. The third-order valence-corrected chi connectivity index (χ3v) is 4.76. The van der Waals surface area contributed by atoms with Gasteiger partial charge >= 0.3 is 0 Å². The summed E-state index contributed by atoms with van der Waals surface area (Å²) in [6, 6.07) is 11.1. The van der Waals surface area contributed by atoms with E-state index < -0.39 is 0 Å². The monoisotopic (exact) mass is 282 g/mol. The van der Waals surface area contributed by atoms with Gasteiger partial charge in [-0.05, 0) is 57.2 Å². The summed E-state index contributed by atoms with van der Waals surface area (Å²) in [6.45, 7) is 1.08. The summed E-state index contributed by atoms with van der Waals surface area (Å²) in [5.74, 6) is 0.917. The van der Waals surface area contributed by atoms with E-state index in [1.54, 1.807) is 0 Å². The smallest absolute Gasteiger partial charge is 0.139 e. The van der Waals surface area contributed by atoms with Crippen LogP contribution in [0.1, 0.15) is 38.5 Å². The quantitative estimate of drug-likeness (QED) is 0.877. The lowest BCUT2D eigenvalue weighted by Gasteiger charge is -2.42. The van der Waals surface area contributed by atoms with Crippen LogP contribution in [-0.4, -0.2) is 23.2 Å². The number of rotatable bonds is 6. The number of para-hydroxylation sites is 1. The summed E-state index contributed by atoms with van der Waals surface area (Å²) in [6.07, 6.45) is 9.31. The van der Waals surface area contributed by atoms with Gasteiger partial charge in [-0.25, -0.2) is 0 Å². The first kappa shape index (κ1) is 13.1. The van der Waals surface area contributed by atoms with E-state index in [0.717, 1.165) is 35.7 Å². The molecule has 2 aliphatic rings. The van der Waals surface area contributed by atoms with Crippen molar-refractivity contribution in [3.05, 3.63) is 36.5 Å². The predicted octanol–water partition coefficient (Wildman–Crippen LogP) is 3.68. The van der Waals surface area contributed by atoms with Crippen molar-refractivity contribution in [2.24, 2.45) is 0 Å². The molecule has 2 aromatic rings. The standard InChI is InChI=1S/C18H22N2O/c1-2-5-17-14(4-1)12-16(13-20-17)21-18(8-3-9-18)10-11-19-15-6-7-15/h1-2,4-5,12-13,15,19H,3,6-11H2. The molecule has 0 atom stereocenters. The van der Waals surface area contributed by atoms with Crippen molar-refractivity contribution in [3.8, 4) is 5.75 Å². The van der Waals surface area contributed by atoms with Crippen molar-refractivity contribution in [2.45, 2.75) is 50.2 Å². The normalized spacial score (nSPS) is 20.2. The van der Waals surface area contributed by atoms with E-state index in [0.29, 0.717) is 0 Å². The Morgan fingerprint density at radius 1 is 1.24 bits per heavy atom. The minimum absolute atomic E-state index is 0.0476. The van der Waals surface area contributed by atoms with E-state index in [1.165, 1.54) is 32.1 Å². The number of ether oxygens (including phenoxy) is 1. The molecule has 0 amide bonds. The van der Waals surface area contributed by atoms with Gasteiger partial charge in [-0.1, -0.05) is 18.2 Å². The lowest BCUT2D eigenvalue weighted by atomic mass is 9.77. The van der Waals surface area contributed by atoms with Gasteiger partial charge in [0.25, 0.3) is 0 Å². The molecule has 0 saturated heterocycles. The molecule has 0 bridgehead atoms. The van der Waals surface area contributed by atoms with E-state index in [2.05, 4.69) is 22.4 Å². The summed E-state index contributed by atoms with van der Waals surface area (Å²) >= 11 is 0. The number of pyridine rings is 1. The lowest BCUT2D eigenvalue weighted by Crippen LogP contribution is -2.45. The van der Waals surface area contributed by atoms with Crippen molar-refractivity contribution in [1.82, 2.24) is 10.3 Å². The van der Waals surface area contributed by atoms with Crippen LogP contribution in [0.2, 0.25) is 0 Å². The molecule has 0 aliphatic heterocycles. The van der Waals surface area contributed by atoms with E-state index in [4.69, 9.17) is 4.74 Å². The minimum atomic E-state index is 0.0476. The Labute approximate surface area is 125 Å². The molecule has 2 fully saturated rings. The zero-order valence-corrected chi connectivity index (χ0v) is 12.3. The van der Waals surface area contributed by atoms with Crippen LogP contribution in [0.4, 0.5) is 0 Å². The molecule has 2 saturated carbocycles. The van der Waals surface area contributed by atoms with E-state index in [9.17, 15) is 0 Å². The number of aromatic nitrogens is 1. The molecule has 1 aromatic heterocycles. The fourth-order valence-electron chi connectivity index (χ4n) is 3.12. The SMILES string of the molecule is c1ccc2ncc(OC3(CCNC4CC4)CCC3)cc2c1. The van der Waals surface area contributed by atoms with Crippen LogP contribution in [0.3, 0.4) is 0 Å². The van der Waals surface area contributed by atoms with Gasteiger partial charge in [0, 0.05) is 11.4 Å². The Morgan fingerprint density at radius 2 is 2.10 bits per heavy atom. The highest BCUT2D eigenvalue weighted by atomic mass is 16.5. The van der Waals surface area contributed by atoms with Crippen molar-refractivity contribution in [1.29, 1.82) is 0 Å². The molecule has 4 rings (SSSR count). The fraction of sp³-hybridized carbons (Fsp3) is 0.500. The number of hydrogen-bond acceptors (Lipinski definition) is 3. The van der Waals surface area contributed by atoms with Crippen LogP contribution in [0.25, 0.3) is 10.9 Å². The maximum atomic E-state index is 6.35. The predicted molar refractivity (Wildman–Crippen MR) is 84.6 cm³/mol. The van der Waals surface area contributed by atoms with Gasteiger partial charge < -0.3 is 10.1 Å². The minimum Gasteiger partial charge on any atom is -0.486 e. The molecule has 0 unspecified atom stereocenters. The largest absolute Gasteiger partial charge is 0.486 e. The molecular formula is C18H22N2O. The second-order valence-corrected chi connectivity index (χ2v) is 6.48. The molecule has 1 aromatic carbocycles. The van der Waals surface area contributed by atoms with Crippen LogP contribution in [0, 0.1) is 0 Å². The van der Waals surface area contributed by atoms with Crippen LogP contribution in [-0.2, 0) is 0 Å². The number of nitrogens with one attached hydrogen (secondary N) is 1. The van der Waals surface area contributed by atoms with E-state index >= 15 is 0 Å². The summed E-state index contributed by atoms with van der Waals surface area (Å²) in [7, 11) is 0. The average Bonchev–Trinajstić information content (AvgIpc) is 3.28. The summed E-state index contributed by atoms with van der Waals surface area (Å²) in [4.78, 5) is 4.50. The molecule has 1 heterocycles. The van der Waals surface area contributed by atoms with Gasteiger partial charge in [-0.3, -0.25) is 4.98 Å². The first-order chi connectivity index (χ1) is 10.3. The maximum Gasteiger partial charge on any atom is 0.139 e. The van der Waals surface area contributed by atoms with Crippen molar-refractivity contribution >= 4 is 10.9 Å². The Kier molecular flexibility index (Phi) is 3.30. The molecule has 1 N–H and O–H groups in total. The topological polar surface area (TPSA) is 34.1 Å². The average molecular weight is 282 g/mol. The summed E-state index contributed by atoms with van der Waals surface area (Å²) in [5.41, 5.74) is 1.08. The maximum absolute atomic E-state index is 6.35.